The first kappa shape index (κ1) is 19.4. The van der Waals surface area contributed by atoms with Crippen molar-refractivity contribution in [3.63, 3.8) is 0 Å². The van der Waals surface area contributed by atoms with Gasteiger partial charge in [-0.1, -0.05) is 11.6 Å². The molecular weight excluding hydrogens is 406 g/mol. The van der Waals surface area contributed by atoms with Crippen molar-refractivity contribution in [3.8, 4) is 6.07 Å². The zero-order valence-electron chi connectivity index (χ0n) is 14.5. The molecule has 0 bridgehead atoms. The molecule has 1 aliphatic heterocycles. The molecular formula is C18H16ClN3O3S2. The Morgan fingerprint density at radius 2 is 2.26 bits per heavy atom. The summed E-state index contributed by atoms with van der Waals surface area (Å²) in [4.78, 5) is 27.5. The van der Waals surface area contributed by atoms with E-state index in [1.807, 2.05) is 6.07 Å². The second kappa shape index (κ2) is 8.57. The molecule has 140 valence electrons. The van der Waals surface area contributed by atoms with E-state index in [0.717, 1.165) is 15.3 Å². The van der Waals surface area contributed by atoms with Gasteiger partial charge in [-0.05, 0) is 37.1 Å². The Labute approximate surface area is 169 Å². The van der Waals surface area contributed by atoms with Crippen LogP contribution in [0.1, 0.15) is 27.8 Å². The number of halogens is 1. The molecule has 0 saturated heterocycles. The molecule has 6 nitrogen and oxygen atoms in total. The first-order chi connectivity index (χ1) is 13.0. The zero-order valence-corrected chi connectivity index (χ0v) is 16.8. The summed E-state index contributed by atoms with van der Waals surface area (Å²) in [6, 6.07) is 5.77. The lowest BCUT2D eigenvalue weighted by Crippen LogP contribution is -2.35. The van der Waals surface area contributed by atoms with Crippen LogP contribution in [0.3, 0.4) is 0 Å². The number of rotatable bonds is 4. The maximum Gasteiger partial charge on any atom is 0.410 e. The van der Waals surface area contributed by atoms with Crippen LogP contribution in [0, 0.1) is 11.3 Å². The Kier molecular flexibility index (Phi) is 6.16. The smallest absolute Gasteiger partial charge is 0.410 e. The molecule has 1 N–H and O–H groups in total. The third-order valence-electron chi connectivity index (χ3n) is 3.92. The summed E-state index contributed by atoms with van der Waals surface area (Å²) in [7, 11) is 0. The first-order valence-electron chi connectivity index (χ1n) is 8.22. The molecule has 3 rings (SSSR count). The van der Waals surface area contributed by atoms with Gasteiger partial charge in [0.15, 0.2) is 0 Å². The number of hydrogen-bond acceptors (Lipinski definition) is 6. The van der Waals surface area contributed by atoms with Crippen LogP contribution in [0.25, 0.3) is 6.08 Å². The molecule has 9 heteroatoms. The highest BCUT2D eigenvalue weighted by Gasteiger charge is 2.27. The quantitative estimate of drug-likeness (QED) is 0.736. The van der Waals surface area contributed by atoms with Gasteiger partial charge in [-0.3, -0.25) is 4.79 Å². The lowest BCUT2D eigenvalue weighted by Gasteiger charge is -2.25. The van der Waals surface area contributed by atoms with E-state index in [1.165, 1.54) is 28.7 Å². The van der Waals surface area contributed by atoms with E-state index in [1.54, 1.807) is 24.0 Å². The van der Waals surface area contributed by atoms with Gasteiger partial charge in [-0.15, -0.1) is 22.7 Å². The number of fused-ring (bicyclic) bond motifs is 1. The van der Waals surface area contributed by atoms with Crippen LogP contribution >= 0.6 is 34.3 Å². The molecule has 0 spiro atoms. The summed E-state index contributed by atoms with van der Waals surface area (Å²) >= 11 is 8.57. The number of hydrogen-bond donors (Lipinski definition) is 1. The molecule has 2 aromatic heterocycles. The Balaban J connectivity index is 1.73. The largest absolute Gasteiger partial charge is 0.450 e. The van der Waals surface area contributed by atoms with Gasteiger partial charge < -0.3 is 15.0 Å². The van der Waals surface area contributed by atoms with Crippen LogP contribution in [-0.2, 0) is 22.5 Å². The predicted octanol–water partition coefficient (Wildman–Crippen LogP) is 4.50. The molecule has 27 heavy (non-hydrogen) atoms. The Morgan fingerprint density at radius 3 is 2.93 bits per heavy atom. The molecule has 0 atom stereocenters. The van der Waals surface area contributed by atoms with Crippen LogP contribution in [-0.4, -0.2) is 30.1 Å². The molecule has 0 fully saturated rings. The fourth-order valence-electron chi connectivity index (χ4n) is 2.71. The van der Waals surface area contributed by atoms with Gasteiger partial charge in [0.05, 0.1) is 23.1 Å². The zero-order chi connectivity index (χ0) is 19.4. The number of nitrogens with zero attached hydrogens (tertiary/aromatic N) is 2. The van der Waals surface area contributed by atoms with Crippen molar-refractivity contribution in [2.45, 2.75) is 19.9 Å². The number of carbonyl (C=O) groups excluding carboxylic acids is 2. The number of ether oxygens (including phenoxy) is 1. The van der Waals surface area contributed by atoms with Crippen molar-refractivity contribution in [1.82, 2.24) is 4.90 Å². The molecule has 3 heterocycles. The highest BCUT2D eigenvalue weighted by Crippen LogP contribution is 2.36. The normalized spacial score (nSPS) is 13.3. The topological polar surface area (TPSA) is 82.4 Å². The number of nitriles is 1. The third-order valence-corrected chi connectivity index (χ3v) is 6.25. The molecule has 2 aromatic rings. The van der Waals surface area contributed by atoms with Crippen LogP contribution < -0.4 is 5.32 Å². The highest BCUT2D eigenvalue weighted by molar-refractivity contribution is 7.17. The predicted molar refractivity (Wildman–Crippen MR) is 107 cm³/mol. The van der Waals surface area contributed by atoms with E-state index in [9.17, 15) is 14.9 Å². The van der Waals surface area contributed by atoms with Gasteiger partial charge in [0.25, 0.3) is 0 Å². The Bertz CT molecular complexity index is 942. The second-order valence-corrected chi connectivity index (χ2v) is 8.51. The summed E-state index contributed by atoms with van der Waals surface area (Å²) < 4.78 is 5.69. The van der Waals surface area contributed by atoms with E-state index in [0.29, 0.717) is 41.0 Å². The highest BCUT2D eigenvalue weighted by atomic mass is 35.5. The van der Waals surface area contributed by atoms with E-state index in [2.05, 4.69) is 11.4 Å². The lowest BCUT2D eigenvalue weighted by atomic mass is 10.0. The van der Waals surface area contributed by atoms with Crippen molar-refractivity contribution in [2.24, 2.45) is 0 Å². The van der Waals surface area contributed by atoms with Crippen LogP contribution in [0.2, 0.25) is 4.34 Å². The number of amides is 2. The fraction of sp³-hybridized carbons (Fsp3) is 0.278. The summed E-state index contributed by atoms with van der Waals surface area (Å²) in [5.41, 5.74) is 1.37. The van der Waals surface area contributed by atoms with E-state index in [-0.39, 0.29) is 12.0 Å². The number of nitrogens with one attached hydrogen (secondary N) is 1. The third kappa shape index (κ3) is 4.50. The molecule has 0 saturated carbocycles. The Hall–Kier alpha value is -2.34. The summed E-state index contributed by atoms with van der Waals surface area (Å²) in [6.07, 6.45) is 3.28. The van der Waals surface area contributed by atoms with Gasteiger partial charge in [0.1, 0.15) is 11.1 Å². The van der Waals surface area contributed by atoms with Crippen LogP contribution in [0.4, 0.5) is 9.80 Å². The van der Waals surface area contributed by atoms with Crippen LogP contribution in [0.5, 0.6) is 0 Å². The molecule has 0 radical (unpaired) electrons. The minimum Gasteiger partial charge on any atom is -0.450 e. The second-order valence-electron chi connectivity index (χ2n) is 5.65. The van der Waals surface area contributed by atoms with Crippen molar-refractivity contribution >= 4 is 57.4 Å². The number of thiophene rings is 2. The maximum absolute atomic E-state index is 12.2. The maximum atomic E-state index is 12.2. The van der Waals surface area contributed by atoms with E-state index in [4.69, 9.17) is 16.3 Å². The minimum atomic E-state index is -0.363. The Morgan fingerprint density at radius 1 is 1.44 bits per heavy atom. The minimum absolute atomic E-state index is 0.319. The molecule has 0 aromatic carbocycles. The van der Waals surface area contributed by atoms with E-state index < -0.39 is 0 Å². The van der Waals surface area contributed by atoms with Crippen molar-refractivity contribution in [3.05, 3.63) is 43.4 Å². The van der Waals surface area contributed by atoms with Crippen LogP contribution in [0.15, 0.2) is 18.2 Å². The average Bonchev–Trinajstić information content (AvgIpc) is 3.22. The van der Waals surface area contributed by atoms with Gasteiger partial charge >= 0.3 is 6.09 Å². The molecule has 1 aliphatic rings. The molecule has 2 amide bonds. The van der Waals surface area contributed by atoms with Gasteiger partial charge in [-0.2, -0.15) is 5.26 Å². The van der Waals surface area contributed by atoms with E-state index >= 15 is 0 Å². The van der Waals surface area contributed by atoms with Crippen molar-refractivity contribution in [1.29, 1.82) is 5.26 Å². The SMILES string of the molecule is CCOC(=O)N1CCc2c(sc(NC(=O)C=Cc3ccc(Cl)s3)c2C#N)C1. The first-order valence-corrected chi connectivity index (χ1v) is 10.2. The summed E-state index contributed by atoms with van der Waals surface area (Å²) in [5.74, 6) is -0.322. The fourth-order valence-corrected chi connectivity index (χ4v) is 4.89. The summed E-state index contributed by atoms with van der Waals surface area (Å²) in [5, 5.41) is 12.8. The number of anilines is 1. The lowest BCUT2D eigenvalue weighted by molar-refractivity contribution is -0.111. The average molecular weight is 422 g/mol. The molecule has 0 aliphatic carbocycles. The van der Waals surface area contributed by atoms with Gasteiger partial charge in [-0.25, -0.2) is 4.79 Å². The van der Waals surface area contributed by atoms with Gasteiger partial charge in [0.2, 0.25) is 5.91 Å². The molecule has 0 unspecified atom stereocenters. The van der Waals surface area contributed by atoms with Crippen molar-refractivity contribution < 1.29 is 14.3 Å². The monoisotopic (exact) mass is 421 g/mol. The van der Waals surface area contributed by atoms with Crippen molar-refractivity contribution in [2.75, 3.05) is 18.5 Å². The van der Waals surface area contributed by atoms with Gasteiger partial charge in [0, 0.05) is 22.4 Å². The number of carbonyl (C=O) groups is 2. The summed E-state index contributed by atoms with van der Waals surface area (Å²) in [6.45, 7) is 2.95. The standard InChI is InChI=1S/C18H16ClN3O3S2/c1-2-25-18(24)22-8-7-12-13(9-20)17(27-14(12)10-22)21-16(23)6-4-11-3-5-15(19)26-11/h3-6H,2,7-8,10H2,1H3,(H,21,23).